The summed E-state index contributed by atoms with van der Waals surface area (Å²) >= 11 is 0. The third-order valence-corrected chi connectivity index (χ3v) is 3.31. The normalized spacial score (nSPS) is 15.7. The third-order valence-electron chi connectivity index (χ3n) is 3.31. The van der Waals surface area contributed by atoms with Crippen LogP contribution in [-0.4, -0.2) is 32.3 Å². The van der Waals surface area contributed by atoms with Gasteiger partial charge in [0.1, 0.15) is 11.3 Å². The second-order valence-electron chi connectivity index (χ2n) is 4.80. The van der Waals surface area contributed by atoms with E-state index in [-0.39, 0.29) is 23.2 Å². The van der Waals surface area contributed by atoms with Gasteiger partial charge in [0, 0.05) is 13.2 Å². The van der Waals surface area contributed by atoms with Gasteiger partial charge in [0.2, 0.25) is 0 Å². The van der Waals surface area contributed by atoms with Crippen molar-refractivity contribution in [2.45, 2.75) is 19.8 Å². The summed E-state index contributed by atoms with van der Waals surface area (Å²) in [4.78, 5) is 23.8. The molecule has 5 nitrogen and oxygen atoms in total. The fraction of sp³-hybridized carbons (Fsp3) is 0.467. The van der Waals surface area contributed by atoms with Crippen LogP contribution in [0.15, 0.2) is 18.2 Å². The first kappa shape index (κ1) is 14.5. The van der Waals surface area contributed by atoms with E-state index in [1.54, 1.807) is 18.2 Å². The molecule has 0 unspecified atom stereocenters. The minimum absolute atomic E-state index is 0.171. The van der Waals surface area contributed by atoms with E-state index >= 15 is 0 Å². The number of hydrogen-bond donors (Lipinski definition) is 0. The number of benzene rings is 1. The second kappa shape index (κ2) is 6.52. The standard InChI is InChI=1S/C15H18O5/c1-10-3-4-13(12(9-10)15(17)18-2)20-14(16)11-5-7-19-8-6-11/h3-4,9,11H,5-8H2,1-2H3. The lowest BCUT2D eigenvalue weighted by Gasteiger charge is -2.20. The monoisotopic (exact) mass is 278 g/mol. The first-order chi connectivity index (χ1) is 9.61. The summed E-state index contributed by atoms with van der Waals surface area (Å²) in [6.45, 7) is 2.99. The molecule has 0 bridgehead atoms. The Morgan fingerprint density at radius 1 is 1.25 bits per heavy atom. The van der Waals surface area contributed by atoms with Gasteiger partial charge in [-0.15, -0.1) is 0 Å². The number of methoxy groups -OCH3 is 1. The van der Waals surface area contributed by atoms with Gasteiger partial charge < -0.3 is 14.2 Å². The van der Waals surface area contributed by atoms with E-state index in [1.165, 1.54) is 7.11 Å². The average Bonchev–Trinajstić information content (AvgIpc) is 2.49. The van der Waals surface area contributed by atoms with Crippen LogP contribution in [0, 0.1) is 12.8 Å². The molecular weight excluding hydrogens is 260 g/mol. The molecule has 0 spiro atoms. The molecule has 1 aromatic rings. The molecule has 0 saturated carbocycles. The highest BCUT2D eigenvalue weighted by Gasteiger charge is 2.25. The molecule has 1 heterocycles. The molecule has 0 aromatic heterocycles. The second-order valence-corrected chi connectivity index (χ2v) is 4.80. The molecule has 1 aliphatic rings. The highest BCUT2D eigenvalue weighted by molar-refractivity contribution is 5.93. The van der Waals surface area contributed by atoms with E-state index in [0.29, 0.717) is 26.1 Å². The molecule has 108 valence electrons. The molecule has 0 atom stereocenters. The van der Waals surface area contributed by atoms with E-state index in [4.69, 9.17) is 14.2 Å². The maximum Gasteiger partial charge on any atom is 0.341 e. The van der Waals surface area contributed by atoms with E-state index in [1.807, 2.05) is 6.92 Å². The van der Waals surface area contributed by atoms with Crippen LogP contribution < -0.4 is 4.74 Å². The quantitative estimate of drug-likeness (QED) is 0.626. The van der Waals surface area contributed by atoms with Crippen molar-refractivity contribution in [2.75, 3.05) is 20.3 Å². The van der Waals surface area contributed by atoms with E-state index in [2.05, 4.69) is 0 Å². The number of carbonyl (C=O) groups is 2. The van der Waals surface area contributed by atoms with Crippen molar-refractivity contribution in [3.8, 4) is 5.75 Å². The predicted molar refractivity (Wildman–Crippen MR) is 71.7 cm³/mol. The number of hydrogen-bond acceptors (Lipinski definition) is 5. The van der Waals surface area contributed by atoms with Crippen molar-refractivity contribution in [1.82, 2.24) is 0 Å². The van der Waals surface area contributed by atoms with Crippen molar-refractivity contribution in [2.24, 2.45) is 5.92 Å². The highest BCUT2D eigenvalue weighted by Crippen LogP contribution is 2.24. The van der Waals surface area contributed by atoms with Crippen LogP contribution in [0.3, 0.4) is 0 Å². The van der Waals surface area contributed by atoms with Gasteiger partial charge in [0.25, 0.3) is 0 Å². The van der Waals surface area contributed by atoms with Crippen LogP contribution in [-0.2, 0) is 14.3 Å². The summed E-state index contributed by atoms with van der Waals surface area (Å²) in [6, 6.07) is 5.07. The maximum atomic E-state index is 12.1. The Bertz CT molecular complexity index is 503. The van der Waals surface area contributed by atoms with Crippen molar-refractivity contribution in [1.29, 1.82) is 0 Å². The summed E-state index contributed by atoms with van der Waals surface area (Å²) in [7, 11) is 1.30. The smallest absolute Gasteiger partial charge is 0.341 e. The molecule has 1 saturated heterocycles. The first-order valence-electron chi connectivity index (χ1n) is 6.60. The Hall–Kier alpha value is -1.88. The molecule has 20 heavy (non-hydrogen) atoms. The van der Waals surface area contributed by atoms with Gasteiger partial charge >= 0.3 is 11.9 Å². The van der Waals surface area contributed by atoms with Crippen LogP contribution in [0.1, 0.15) is 28.8 Å². The fourth-order valence-corrected chi connectivity index (χ4v) is 2.13. The zero-order valence-corrected chi connectivity index (χ0v) is 11.7. The summed E-state index contributed by atoms with van der Waals surface area (Å²) < 4.78 is 15.3. The van der Waals surface area contributed by atoms with Gasteiger partial charge in [-0.2, -0.15) is 0 Å². The molecule has 0 N–H and O–H groups in total. The topological polar surface area (TPSA) is 61.8 Å². The molecule has 2 rings (SSSR count). The summed E-state index contributed by atoms with van der Waals surface area (Å²) in [5.41, 5.74) is 1.17. The molecule has 1 aliphatic heterocycles. The Morgan fingerprint density at radius 2 is 1.95 bits per heavy atom. The molecule has 0 amide bonds. The van der Waals surface area contributed by atoms with Crippen LogP contribution in [0.4, 0.5) is 0 Å². The van der Waals surface area contributed by atoms with Gasteiger partial charge in [-0.1, -0.05) is 6.07 Å². The summed E-state index contributed by atoms with van der Waals surface area (Å²) in [5.74, 6) is -0.750. The predicted octanol–water partition coefficient (Wildman–Crippen LogP) is 2.11. The Balaban J connectivity index is 2.15. The Morgan fingerprint density at radius 3 is 2.60 bits per heavy atom. The largest absolute Gasteiger partial charge is 0.465 e. The molecular formula is C15H18O5. The average molecular weight is 278 g/mol. The van der Waals surface area contributed by atoms with Gasteiger partial charge in [0.05, 0.1) is 13.0 Å². The van der Waals surface area contributed by atoms with Crippen LogP contribution in [0.25, 0.3) is 0 Å². The molecule has 1 aromatic carbocycles. The van der Waals surface area contributed by atoms with Gasteiger partial charge in [-0.3, -0.25) is 4.79 Å². The number of esters is 2. The van der Waals surface area contributed by atoms with Crippen LogP contribution in [0.5, 0.6) is 5.75 Å². The molecule has 5 heteroatoms. The number of ether oxygens (including phenoxy) is 3. The van der Waals surface area contributed by atoms with Crippen molar-refractivity contribution < 1.29 is 23.8 Å². The minimum Gasteiger partial charge on any atom is -0.465 e. The SMILES string of the molecule is COC(=O)c1cc(C)ccc1OC(=O)C1CCOCC1. The van der Waals surface area contributed by atoms with E-state index in [9.17, 15) is 9.59 Å². The zero-order valence-electron chi connectivity index (χ0n) is 11.7. The van der Waals surface area contributed by atoms with Gasteiger partial charge in [-0.25, -0.2) is 4.79 Å². The Kier molecular flexibility index (Phi) is 4.74. The summed E-state index contributed by atoms with van der Waals surface area (Å²) in [6.07, 6.45) is 1.30. The number of carbonyl (C=O) groups excluding carboxylic acids is 2. The lowest BCUT2D eigenvalue weighted by atomic mass is 10.0. The van der Waals surface area contributed by atoms with Crippen molar-refractivity contribution in [3.63, 3.8) is 0 Å². The van der Waals surface area contributed by atoms with Gasteiger partial charge in [0.15, 0.2) is 0 Å². The molecule has 1 fully saturated rings. The maximum absolute atomic E-state index is 12.1. The van der Waals surface area contributed by atoms with Gasteiger partial charge in [-0.05, 0) is 37.5 Å². The fourth-order valence-electron chi connectivity index (χ4n) is 2.13. The van der Waals surface area contributed by atoms with Crippen LogP contribution in [0.2, 0.25) is 0 Å². The first-order valence-corrected chi connectivity index (χ1v) is 6.60. The highest BCUT2D eigenvalue weighted by atomic mass is 16.5. The number of rotatable bonds is 3. The molecule has 0 radical (unpaired) electrons. The lowest BCUT2D eigenvalue weighted by molar-refractivity contribution is -0.142. The Labute approximate surface area is 117 Å². The third kappa shape index (κ3) is 3.36. The van der Waals surface area contributed by atoms with E-state index < -0.39 is 5.97 Å². The van der Waals surface area contributed by atoms with Crippen molar-refractivity contribution >= 4 is 11.9 Å². The lowest BCUT2D eigenvalue weighted by Crippen LogP contribution is -2.27. The number of aryl methyl sites for hydroxylation is 1. The molecule has 0 aliphatic carbocycles. The van der Waals surface area contributed by atoms with Crippen LogP contribution >= 0.6 is 0 Å². The van der Waals surface area contributed by atoms with E-state index in [0.717, 1.165) is 5.56 Å². The zero-order chi connectivity index (χ0) is 14.5. The summed E-state index contributed by atoms with van der Waals surface area (Å²) in [5, 5.41) is 0. The van der Waals surface area contributed by atoms with Crippen molar-refractivity contribution in [3.05, 3.63) is 29.3 Å². The minimum atomic E-state index is -0.511.